The summed E-state index contributed by atoms with van der Waals surface area (Å²) < 4.78 is 0. The predicted molar refractivity (Wildman–Crippen MR) is 182 cm³/mol. The molecule has 0 bridgehead atoms. The van der Waals surface area contributed by atoms with Gasteiger partial charge in [0.15, 0.2) is 0 Å². The molecule has 0 aliphatic rings. The quantitative estimate of drug-likeness (QED) is 0.0691. The third-order valence-corrected chi connectivity index (χ3v) is 9.35. The van der Waals surface area contributed by atoms with Crippen LogP contribution in [0.3, 0.4) is 0 Å². The number of hydrogen-bond acceptors (Lipinski definition) is 0. The van der Waals surface area contributed by atoms with Crippen LogP contribution in [0, 0.1) is 5.92 Å². The van der Waals surface area contributed by atoms with Crippen molar-refractivity contribution in [1.82, 2.24) is 0 Å². The lowest BCUT2D eigenvalue weighted by atomic mass is 9.95. The zero-order chi connectivity index (χ0) is 28.3. The van der Waals surface area contributed by atoms with E-state index in [0.717, 1.165) is 5.92 Å². The third-order valence-electron chi connectivity index (χ3n) is 9.35. The van der Waals surface area contributed by atoms with E-state index in [1.807, 2.05) is 0 Å². The van der Waals surface area contributed by atoms with Crippen LogP contribution < -0.4 is 0 Å². The van der Waals surface area contributed by atoms with E-state index in [0.29, 0.717) is 0 Å². The van der Waals surface area contributed by atoms with Crippen molar-refractivity contribution >= 4 is 0 Å². The monoisotopic (exact) mass is 549 g/mol. The molecule has 1 atom stereocenters. The Morgan fingerprint density at radius 3 is 0.564 bits per heavy atom. The van der Waals surface area contributed by atoms with Gasteiger partial charge in [-0.3, -0.25) is 0 Å². The standard InChI is InChI=1S/C39H80/c1-4-6-8-10-12-14-16-18-20-22-24-26-28-30-32-34-36-38-39(3)37-35-33-31-29-27-25-23-21-19-17-15-13-11-9-7-5-2/h39H,4-38H2,1-3H3. The molecule has 0 heterocycles. The third kappa shape index (κ3) is 36.0. The number of hydrogen-bond donors (Lipinski definition) is 0. The van der Waals surface area contributed by atoms with E-state index in [9.17, 15) is 0 Å². The average Bonchev–Trinajstić information content (AvgIpc) is 2.94. The Morgan fingerprint density at radius 2 is 0.385 bits per heavy atom. The van der Waals surface area contributed by atoms with Crippen molar-refractivity contribution < 1.29 is 0 Å². The molecule has 0 N–H and O–H groups in total. The first kappa shape index (κ1) is 39.0. The topological polar surface area (TPSA) is 0 Å². The second kappa shape index (κ2) is 36.0. The molecule has 0 nitrogen and oxygen atoms in total. The lowest BCUT2D eigenvalue weighted by Gasteiger charge is -2.11. The molecule has 0 aliphatic carbocycles. The molecule has 236 valence electrons. The van der Waals surface area contributed by atoms with Gasteiger partial charge in [0.1, 0.15) is 0 Å². The molecule has 0 aromatic carbocycles. The molecule has 0 saturated heterocycles. The first-order valence-corrected chi connectivity index (χ1v) is 19.3. The summed E-state index contributed by atoms with van der Waals surface area (Å²) in [6.07, 6.45) is 51.7. The molecule has 0 amide bonds. The maximum atomic E-state index is 2.51. The summed E-state index contributed by atoms with van der Waals surface area (Å²) in [6.45, 7) is 7.13. The van der Waals surface area contributed by atoms with E-state index in [1.165, 1.54) is 225 Å². The molecule has 1 unspecified atom stereocenters. The minimum atomic E-state index is 0.966. The van der Waals surface area contributed by atoms with Crippen molar-refractivity contribution in [2.24, 2.45) is 5.92 Å². The van der Waals surface area contributed by atoms with Gasteiger partial charge >= 0.3 is 0 Å². The second-order valence-electron chi connectivity index (χ2n) is 13.6. The summed E-state index contributed by atoms with van der Waals surface area (Å²) in [6, 6.07) is 0. The van der Waals surface area contributed by atoms with Crippen LogP contribution in [-0.4, -0.2) is 0 Å². The normalized spacial score (nSPS) is 12.4. The van der Waals surface area contributed by atoms with E-state index in [1.54, 1.807) is 0 Å². The van der Waals surface area contributed by atoms with Gasteiger partial charge in [0.25, 0.3) is 0 Å². The van der Waals surface area contributed by atoms with E-state index >= 15 is 0 Å². The van der Waals surface area contributed by atoms with Crippen molar-refractivity contribution in [3.8, 4) is 0 Å². The minimum absolute atomic E-state index is 0.966. The molecule has 0 aliphatic heterocycles. The fourth-order valence-electron chi connectivity index (χ4n) is 6.40. The van der Waals surface area contributed by atoms with Crippen molar-refractivity contribution in [2.75, 3.05) is 0 Å². The minimum Gasteiger partial charge on any atom is -0.0654 e. The Hall–Kier alpha value is 0. The summed E-state index contributed by atoms with van der Waals surface area (Å²) >= 11 is 0. The van der Waals surface area contributed by atoms with Gasteiger partial charge in [-0.15, -0.1) is 0 Å². The molecule has 0 spiro atoms. The molecule has 0 radical (unpaired) electrons. The van der Waals surface area contributed by atoms with Crippen LogP contribution in [0.25, 0.3) is 0 Å². The molecule has 0 aromatic heterocycles. The zero-order valence-corrected chi connectivity index (χ0v) is 28.3. The summed E-state index contributed by atoms with van der Waals surface area (Å²) in [4.78, 5) is 0. The molecule has 0 rings (SSSR count). The average molecular weight is 549 g/mol. The van der Waals surface area contributed by atoms with Crippen molar-refractivity contribution in [1.29, 1.82) is 0 Å². The number of rotatable bonds is 35. The van der Waals surface area contributed by atoms with Crippen LogP contribution in [0.1, 0.15) is 245 Å². The highest BCUT2D eigenvalue weighted by Crippen LogP contribution is 2.20. The van der Waals surface area contributed by atoms with Crippen LogP contribution in [0.4, 0.5) is 0 Å². The van der Waals surface area contributed by atoms with Gasteiger partial charge in [0.2, 0.25) is 0 Å². The Kier molecular flexibility index (Phi) is 36.0. The van der Waals surface area contributed by atoms with Gasteiger partial charge in [0.05, 0.1) is 0 Å². The van der Waals surface area contributed by atoms with Gasteiger partial charge in [-0.25, -0.2) is 0 Å². The van der Waals surface area contributed by atoms with Crippen LogP contribution in [0.15, 0.2) is 0 Å². The van der Waals surface area contributed by atoms with Crippen LogP contribution >= 0.6 is 0 Å². The lowest BCUT2D eigenvalue weighted by molar-refractivity contribution is 0.429. The fourth-order valence-corrected chi connectivity index (χ4v) is 6.40. The summed E-state index contributed by atoms with van der Waals surface area (Å²) in [5.41, 5.74) is 0. The Morgan fingerprint density at radius 1 is 0.231 bits per heavy atom. The van der Waals surface area contributed by atoms with Crippen molar-refractivity contribution in [3.05, 3.63) is 0 Å². The number of unbranched alkanes of at least 4 members (excludes halogenated alkanes) is 31. The van der Waals surface area contributed by atoms with Crippen LogP contribution in [-0.2, 0) is 0 Å². The summed E-state index contributed by atoms with van der Waals surface area (Å²) in [7, 11) is 0. The van der Waals surface area contributed by atoms with E-state index < -0.39 is 0 Å². The van der Waals surface area contributed by atoms with Gasteiger partial charge < -0.3 is 0 Å². The first-order valence-electron chi connectivity index (χ1n) is 19.3. The molecule has 0 aromatic rings. The molecule has 0 saturated carbocycles. The fraction of sp³-hybridized carbons (Fsp3) is 1.00. The lowest BCUT2D eigenvalue weighted by Crippen LogP contribution is -1.95. The summed E-state index contributed by atoms with van der Waals surface area (Å²) in [5.74, 6) is 0.966. The van der Waals surface area contributed by atoms with Gasteiger partial charge in [-0.2, -0.15) is 0 Å². The van der Waals surface area contributed by atoms with Crippen LogP contribution in [0.5, 0.6) is 0 Å². The Balaban J connectivity index is 3.13. The molecular weight excluding hydrogens is 468 g/mol. The smallest absolute Gasteiger partial charge is 0.0443 e. The predicted octanol–water partition coefficient (Wildman–Crippen LogP) is 15.3. The first-order chi connectivity index (χ1) is 19.3. The van der Waals surface area contributed by atoms with E-state index in [4.69, 9.17) is 0 Å². The maximum absolute atomic E-state index is 2.51. The van der Waals surface area contributed by atoms with Crippen molar-refractivity contribution in [3.63, 3.8) is 0 Å². The van der Waals surface area contributed by atoms with E-state index in [2.05, 4.69) is 20.8 Å². The van der Waals surface area contributed by atoms with E-state index in [-0.39, 0.29) is 0 Å². The summed E-state index contributed by atoms with van der Waals surface area (Å²) in [5, 5.41) is 0. The van der Waals surface area contributed by atoms with Crippen LogP contribution in [0.2, 0.25) is 0 Å². The zero-order valence-electron chi connectivity index (χ0n) is 28.3. The van der Waals surface area contributed by atoms with Gasteiger partial charge in [0, 0.05) is 0 Å². The van der Waals surface area contributed by atoms with Gasteiger partial charge in [-0.1, -0.05) is 245 Å². The highest BCUT2D eigenvalue weighted by molar-refractivity contribution is 4.57. The maximum Gasteiger partial charge on any atom is -0.0443 e. The highest BCUT2D eigenvalue weighted by Gasteiger charge is 2.02. The highest BCUT2D eigenvalue weighted by atomic mass is 14.1. The SMILES string of the molecule is CCCCCCCCCCCCCCCCCCCC(C)CCCCCCCCCCCCCCCCCC. The molecular formula is C39H80. The molecule has 0 heteroatoms. The second-order valence-corrected chi connectivity index (χ2v) is 13.6. The Labute approximate surface area is 251 Å². The largest absolute Gasteiger partial charge is 0.0654 e. The van der Waals surface area contributed by atoms with Gasteiger partial charge in [-0.05, 0) is 5.92 Å². The van der Waals surface area contributed by atoms with Crippen molar-refractivity contribution in [2.45, 2.75) is 245 Å². The molecule has 39 heavy (non-hydrogen) atoms. The Bertz CT molecular complexity index is 399. The molecule has 0 fully saturated rings.